The Morgan fingerprint density at radius 2 is 1.96 bits per heavy atom. The van der Waals surface area contributed by atoms with Gasteiger partial charge in [-0.25, -0.2) is 4.98 Å². The number of halogens is 1. The van der Waals surface area contributed by atoms with E-state index in [0.29, 0.717) is 22.2 Å². The summed E-state index contributed by atoms with van der Waals surface area (Å²) in [6, 6.07) is 14.4. The normalized spacial score (nSPS) is 11.1. The van der Waals surface area contributed by atoms with E-state index in [4.69, 9.17) is 20.4 Å². The van der Waals surface area contributed by atoms with Gasteiger partial charge in [0, 0.05) is 22.2 Å². The summed E-state index contributed by atoms with van der Waals surface area (Å²) in [5.41, 5.74) is 1.36. The highest BCUT2D eigenvalue weighted by Gasteiger charge is 2.26. The van der Waals surface area contributed by atoms with Gasteiger partial charge in [-0.1, -0.05) is 17.7 Å². The first kappa shape index (κ1) is 17.4. The van der Waals surface area contributed by atoms with Crippen molar-refractivity contribution in [2.75, 3.05) is 4.90 Å². The number of amides is 1. The smallest absolute Gasteiger partial charge is 0.295 e. The van der Waals surface area contributed by atoms with E-state index in [2.05, 4.69) is 4.98 Å². The molecule has 1 aromatic carbocycles. The number of anilines is 1. The number of hydrogen-bond acceptors (Lipinski definition) is 4. The number of carbonyl (C=O) groups is 1. The fourth-order valence-corrected chi connectivity index (χ4v) is 3.19. The topological polar surface area (TPSA) is 59.5 Å². The number of aryl methyl sites for hydroxylation is 2. The molecular formula is C21H17ClN2O3. The van der Waals surface area contributed by atoms with Crippen LogP contribution < -0.4 is 4.90 Å². The Morgan fingerprint density at radius 1 is 1.11 bits per heavy atom. The lowest BCUT2D eigenvalue weighted by molar-refractivity contribution is 0.0957. The van der Waals surface area contributed by atoms with Crippen LogP contribution in [0.2, 0.25) is 5.02 Å². The van der Waals surface area contributed by atoms with Crippen LogP contribution in [0.4, 0.5) is 5.82 Å². The van der Waals surface area contributed by atoms with Crippen LogP contribution >= 0.6 is 11.6 Å². The van der Waals surface area contributed by atoms with Gasteiger partial charge in [-0.05, 0) is 56.3 Å². The van der Waals surface area contributed by atoms with Gasteiger partial charge in [-0.2, -0.15) is 0 Å². The lowest BCUT2D eigenvalue weighted by Gasteiger charge is -2.19. The van der Waals surface area contributed by atoms with Crippen LogP contribution in [0.5, 0.6) is 0 Å². The first-order chi connectivity index (χ1) is 13.0. The van der Waals surface area contributed by atoms with E-state index in [1.807, 2.05) is 32.0 Å². The molecule has 27 heavy (non-hydrogen) atoms. The highest BCUT2D eigenvalue weighted by Crippen LogP contribution is 2.30. The molecular weight excluding hydrogens is 364 g/mol. The Bertz CT molecular complexity index is 1120. The van der Waals surface area contributed by atoms with E-state index in [1.54, 1.807) is 41.4 Å². The summed E-state index contributed by atoms with van der Waals surface area (Å²) in [4.78, 5) is 19.2. The van der Waals surface area contributed by atoms with Crippen LogP contribution in [0.15, 0.2) is 63.6 Å². The molecule has 0 fully saturated rings. The molecule has 1 amide bonds. The monoisotopic (exact) mass is 380 g/mol. The highest BCUT2D eigenvalue weighted by molar-refractivity contribution is 6.31. The van der Waals surface area contributed by atoms with Crippen molar-refractivity contribution < 1.29 is 13.6 Å². The maximum atomic E-state index is 13.3. The van der Waals surface area contributed by atoms with Crippen LogP contribution in [-0.4, -0.2) is 10.9 Å². The quantitative estimate of drug-likeness (QED) is 0.466. The zero-order valence-corrected chi connectivity index (χ0v) is 15.7. The number of rotatable bonds is 4. The van der Waals surface area contributed by atoms with Crippen molar-refractivity contribution >= 4 is 34.3 Å². The molecule has 5 nitrogen and oxygen atoms in total. The number of carbonyl (C=O) groups excluding carboxylic acids is 1. The maximum Gasteiger partial charge on any atom is 0.295 e. The van der Waals surface area contributed by atoms with Gasteiger partial charge in [0.1, 0.15) is 22.9 Å². The molecule has 3 aromatic heterocycles. The molecule has 0 N–H and O–H groups in total. The molecule has 0 radical (unpaired) electrons. The predicted molar refractivity (Wildman–Crippen MR) is 104 cm³/mol. The Balaban J connectivity index is 1.77. The number of hydrogen-bond donors (Lipinski definition) is 0. The minimum absolute atomic E-state index is 0.251. The van der Waals surface area contributed by atoms with Crippen molar-refractivity contribution in [1.82, 2.24) is 4.98 Å². The lowest BCUT2D eigenvalue weighted by atomic mass is 10.1. The largest absolute Gasteiger partial charge is 0.464 e. The van der Waals surface area contributed by atoms with Gasteiger partial charge in [0.25, 0.3) is 5.91 Å². The van der Waals surface area contributed by atoms with Crippen LogP contribution in [0.3, 0.4) is 0 Å². The van der Waals surface area contributed by atoms with Gasteiger partial charge in [-0.15, -0.1) is 0 Å². The van der Waals surface area contributed by atoms with Crippen LogP contribution in [0.1, 0.15) is 27.6 Å². The van der Waals surface area contributed by atoms with Gasteiger partial charge >= 0.3 is 0 Å². The number of aromatic nitrogens is 1. The number of pyridine rings is 1. The zero-order valence-electron chi connectivity index (χ0n) is 14.9. The van der Waals surface area contributed by atoms with Crippen LogP contribution in [0, 0.1) is 13.8 Å². The van der Waals surface area contributed by atoms with E-state index in [9.17, 15) is 4.79 Å². The molecule has 0 unspecified atom stereocenters. The Kier molecular flexibility index (Phi) is 4.46. The molecule has 4 rings (SSSR count). The van der Waals surface area contributed by atoms with E-state index >= 15 is 0 Å². The molecule has 6 heteroatoms. The van der Waals surface area contributed by atoms with Crippen molar-refractivity contribution in [3.63, 3.8) is 0 Å². The van der Waals surface area contributed by atoms with Crippen molar-refractivity contribution in [2.24, 2.45) is 0 Å². The summed E-state index contributed by atoms with van der Waals surface area (Å²) in [5, 5.41) is 1.42. The molecule has 136 valence electrons. The average Bonchev–Trinajstić information content (AvgIpc) is 3.23. The number of nitrogens with zero attached hydrogens (tertiary/aromatic N) is 2. The minimum atomic E-state index is -0.285. The van der Waals surface area contributed by atoms with Gasteiger partial charge in [0.2, 0.25) is 0 Å². The first-order valence-corrected chi connectivity index (χ1v) is 8.87. The molecule has 0 spiro atoms. The number of fused-ring (bicyclic) bond motifs is 1. The van der Waals surface area contributed by atoms with E-state index < -0.39 is 0 Å². The number of benzene rings is 1. The summed E-state index contributed by atoms with van der Waals surface area (Å²) >= 11 is 6.09. The van der Waals surface area contributed by atoms with Gasteiger partial charge in [-0.3, -0.25) is 9.69 Å². The molecule has 0 saturated carbocycles. The Morgan fingerprint density at radius 3 is 2.67 bits per heavy atom. The Labute approximate surface area is 161 Å². The van der Waals surface area contributed by atoms with Crippen molar-refractivity contribution in [3.05, 3.63) is 82.6 Å². The molecule has 0 saturated heterocycles. The highest BCUT2D eigenvalue weighted by atomic mass is 35.5. The summed E-state index contributed by atoms with van der Waals surface area (Å²) in [5.74, 6) is 1.96. The standard InChI is InChI=1S/C21H17ClN2O3/c1-13-6-8-16(26-13)12-24(19-5-3-4-10-23-19)21(25)20-14(2)17-11-15(22)7-9-18(17)27-20/h3-11H,12H2,1-2H3. The van der Waals surface area contributed by atoms with E-state index in [1.165, 1.54) is 0 Å². The third-order valence-corrected chi connectivity index (χ3v) is 4.61. The third kappa shape index (κ3) is 3.34. The van der Waals surface area contributed by atoms with Crippen LogP contribution in [-0.2, 0) is 6.54 Å². The summed E-state index contributed by atoms with van der Waals surface area (Å²) < 4.78 is 11.5. The van der Waals surface area contributed by atoms with Crippen molar-refractivity contribution in [3.8, 4) is 0 Å². The zero-order chi connectivity index (χ0) is 19.0. The fraction of sp³-hybridized carbons (Fsp3) is 0.143. The van der Waals surface area contributed by atoms with Crippen molar-refractivity contribution in [2.45, 2.75) is 20.4 Å². The third-order valence-electron chi connectivity index (χ3n) is 4.37. The van der Waals surface area contributed by atoms with Gasteiger partial charge < -0.3 is 8.83 Å². The Hall–Kier alpha value is -3.05. The summed E-state index contributed by atoms with van der Waals surface area (Å²) in [6.45, 7) is 3.97. The van der Waals surface area contributed by atoms with Gasteiger partial charge in [0.15, 0.2) is 5.76 Å². The molecule has 0 bridgehead atoms. The second kappa shape index (κ2) is 6.93. The second-order valence-electron chi connectivity index (χ2n) is 6.29. The van der Waals surface area contributed by atoms with Crippen LogP contribution in [0.25, 0.3) is 11.0 Å². The summed E-state index contributed by atoms with van der Waals surface area (Å²) in [7, 11) is 0. The number of furan rings is 2. The first-order valence-electron chi connectivity index (χ1n) is 8.50. The second-order valence-corrected chi connectivity index (χ2v) is 6.72. The fourth-order valence-electron chi connectivity index (χ4n) is 3.02. The predicted octanol–water partition coefficient (Wildman–Crippen LogP) is 5.54. The van der Waals surface area contributed by atoms with Crippen molar-refractivity contribution in [1.29, 1.82) is 0 Å². The van der Waals surface area contributed by atoms with E-state index in [0.717, 1.165) is 16.7 Å². The SMILES string of the molecule is Cc1ccc(CN(C(=O)c2oc3ccc(Cl)cc3c2C)c2ccccn2)o1. The van der Waals surface area contributed by atoms with Gasteiger partial charge in [0.05, 0.1) is 6.54 Å². The molecule has 4 aromatic rings. The van der Waals surface area contributed by atoms with E-state index in [-0.39, 0.29) is 18.2 Å². The molecule has 0 aliphatic carbocycles. The minimum Gasteiger partial charge on any atom is -0.464 e. The maximum absolute atomic E-state index is 13.3. The molecule has 0 atom stereocenters. The summed E-state index contributed by atoms with van der Waals surface area (Å²) in [6.07, 6.45) is 1.65. The molecule has 3 heterocycles. The molecule has 0 aliphatic heterocycles. The molecule has 0 aliphatic rings. The lowest BCUT2D eigenvalue weighted by Crippen LogP contribution is -2.31. The average molecular weight is 381 g/mol.